The van der Waals surface area contributed by atoms with Crippen molar-refractivity contribution in [2.45, 2.75) is 13.3 Å². The fourth-order valence-corrected chi connectivity index (χ4v) is 2.29. The number of carbonyl (C=O) groups is 1. The molecular formula is C17H15N3O2. The van der Waals surface area contributed by atoms with Crippen molar-refractivity contribution >= 4 is 28.4 Å². The van der Waals surface area contributed by atoms with Crippen LogP contribution in [0.4, 0.5) is 11.5 Å². The van der Waals surface area contributed by atoms with Crippen molar-refractivity contribution in [1.29, 1.82) is 0 Å². The fourth-order valence-electron chi connectivity index (χ4n) is 2.29. The molecule has 0 saturated heterocycles. The lowest BCUT2D eigenvalue weighted by Crippen LogP contribution is -2.00. The first-order valence-corrected chi connectivity index (χ1v) is 7.01. The van der Waals surface area contributed by atoms with E-state index in [2.05, 4.69) is 28.3 Å². The van der Waals surface area contributed by atoms with Gasteiger partial charge in [0.15, 0.2) is 0 Å². The second-order valence-electron chi connectivity index (χ2n) is 4.94. The van der Waals surface area contributed by atoms with Gasteiger partial charge < -0.3 is 10.4 Å². The summed E-state index contributed by atoms with van der Waals surface area (Å²) in [7, 11) is 0. The van der Waals surface area contributed by atoms with Crippen LogP contribution in [0.3, 0.4) is 0 Å². The Morgan fingerprint density at radius 1 is 1.18 bits per heavy atom. The Bertz CT molecular complexity index is 846. The molecule has 0 fully saturated rings. The number of hydrogen-bond acceptors (Lipinski definition) is 4. The molecule has 5 heteroatoms. The molecule has 0 bridgehead atoms. The minimum Gasteiger partial charge on any atom is -0.478 e. The first-order chi connectivity index (χ1) is 10.7. The van der Waals surface area contributed by atoms with Gasteiger partial charge in [-0.2, -0.15) is 0 Å². The first kappa shape index (κ1) is 14.0. The van der Waals surface area contributed by atoms with Crippen molar-refractivity contribution in [2.24, 2.45) is 0 Å². The molecule has 0 spiro atoms. The van der Waals surface area contributed by atoms with Gasteiger partial charge in [-0.25, -0.2) is 14.8 Å². The lowest BCUT2D eigenvalue weighted by atomic mass is 10.1. The molecule has 3 rings (SSSR count). The average molecular weight is 293 g/mol. The lowest BCUT2D eigenvalue weighted by Gasteiger charge is -2.09. The van der Waals surface area contributed by atoms with Crippen molar-refractivity contribution in [1.82, 2.24) is 9.97 Å². The Morgan fingerprint density at radius 3 is 2.82 bits per heavy atom. The first-order valence-electron chi connectivity index (χ1n) is 7.01. The highest BCUT2D eigenvalue weighted by Gasteiger charge is 2.07. The standard InChI is InChI=1S/C17H15N3O2/c1-2-11-6-7-15-14(8-11)16(19-10-18-15)20-13-5-3-4-12(9-13)17(21)22/h3-10H,2H2,1H3,(H,21,22)(H,18,19,20). The van der Waals surface area contributed by atoms with Gasteiger partial charge in [-0.15, -0.1) is 0 Å². The monoisotopic (exact) mass is 293 g/mol. The van der Waals surface area contributed by atoms with Gasteiger partial charge in [0.2, 0.25) is 0 Å². The Kier molecular flexibility index (Phi) is 3.70. The van der Waals surface area contributed by atoms with Crippen LogP contribution in [-0.4, -0.2) is 21.0 Å². The maximum absolute atomic E-state index is 11.0. The normalized spacial score (nSPS) is 10.6. The quantitative estimate of drug-likeness (QED) is 0.768. The van der Waals surface area contributed by atoms with Crippen LogP contribution in [0.2, 0.25) is 0 Å². The number of aromatic carboxylic acids is 1. The molecule has 0 aliphatic heterocycles. The molecule has 0 amide bonds. The predicted octanol–water partition coefficient (Wildman–Crippen LogP) is 3.63. The van der Waals surface area contributed by atoms with Gasteiger partial charge in [-0.05, 0) is 42.3 Å². The molecule has 0 saturated carbocycles. The molecular weight excluding hydrogens is 278 g/mol. The summed E-state index contributed by atoms with van der Waals surface area (Å²) < 4.78 is 0. The molecule has 0 atom stereocenters. The molecule has 0 unspecified atom stereocenters. The van der Waals surface area contributed by atoms with Crippen molar-refractivity contribution in [3.63, 3.8) is 0 Å². The Labute approximate surface area is 127 Å². The molecule has 0 aliphatic carbocycles. The van der Waals surface area contributed by atoms with E-state index in [1.807, 2.05) is 18.2 Å². The maximum Gasteiger partial charge on any atom is 0.335 e. The number of fused-ring (bicyclic) bond motifs is 1. The number of aryl methyl sites for hydroxylation is 1. The van der Waals surface area contributed by atoms with E-state index < -0.39 is 5.97 Å². The van der Waals surface area contributed by atoms with Gasteiger partial charge in [-0.1, -0.05) is 19.1 Å². The molecule has 2 aromatic carbocycles. The lowest BCUT2D eigenvalue weighted by molar-refractivity contribution is 0.0697. The number of nitrogens with zero attached hydrogens (tertiary/aromatic N) is 2. The number of rotatable bonds is 4. The van der Waals surface area contributed by atoms with Crippen LogP contribution in [0, 0.1) is 0 Å². The minimum absolute atomic E-state index is 0.234. The van der Waals surface area contributed by atoms with Gasteiger partial charge in [0.25, 0.3) is 0 Å². The minimum atomic E-state index is -0.954. The van der Waals surface area contributed by atoms with Gasteiger partial charge in [0, 0.05) is 11.1 Å². The van der Waals surface area contributed by atoms with Crippen molar-refractivity contribution in [3.05, 3.63) is 59.9 Å². The topological polar surface area (TPSA) is 75.1 Å². The van der Waals surface area contributed by atoms with Crippen LogP contribution in [0.1, 0.15) is 22.8 Å². The van der Waals surface area contributed by atoms with Gasteiger partial charge in [0.1, 0.15) is 12.1 Å². The second kappa shape index (κ2) is 5.81. The zero-order valence-corrected chi connectivity index (χ0v) is 12.1. The SMILES string of the molecule is CCc1ccc2ncnc(Nc3cccc(C(=O)O)c3)c2c1. The molecule has 1 heterocycles. The van der Waals surface area contributed by atoms with E-state index in [1.165, 1.54) is 11.9 Å². The van der Waals surface area contributed by atoms with Gasteiger partial charge in [-0.3, -0.25) is 0 Å². The molecule has 0 aliphatic rings. The van der Waals surface area contributed by atoms with E-state index >= 15 is 0 Å². The average Bonchev–Trinajstić information content (AvgIpc) is 2.55. The summed E-state index contributed by atoms with van der Waals surface area (Å²) in [5, 5.41) is 13.2. The number of anilines is 2. The van der Waals surface area contributed by atoms with Crippen LogP contribution in [0.5, 0.6) is 0 Å². The van der Waals surface area contributed by atoms with Crippen molar-refractivity contribution < 1.29 is 9.90 Å². The van der Waals surface area contributed by atoms with E-state index in [4.69, 9.17) is 5.11 Å². The number of nitrogens with one attached hydrogen (secondary N) is 1. The maximum atomic E-state index is 11.0. The largest absolute Gasteiger partial charge is 0.478 e. The van der Waals surface area contributed by atoms with Crippen LogP contribution in [-0.2, 0) is 6.42 Å². The number of carboxylic acid groups (broad SMARTS) is 1. The zero-order chi connectivity index (χ0) is 15.5. The second-order valence-corrected chi connectivity index (χ2v) is 4.94. The van der Waals surface area contributed by atoms with Gasteiger partial charge in [0.05, 0.1) is 11.1 Å². The fraction of sp³-hybridized carbons (Fsp3) is 0.118. The molecule has 0 radical (unpaired) electrons. The predicted molar refractivity (Wildman–Crippen MR) is 85.6 cm³/mol. The Balaban J connectivity index is 2.03. The molecule has 22 heavy (non-hydrogen) atoms. The van der Waals surface area contributed by atoms with Crippen molar-refractivity contribution in [3.8, 4) is 0 Å². The third-order valence-corrected chi connectivity index (χ3v) is 3.48. The van der Waals surface area contributed by atoms with E-state index in [-0.39, 0.29) is 5.56 Å². The summed E-state index contributed by atoms with van der Waals surface area (Å²) in [6.07, 6.45) is 2.43. The molecule has 110 valence electrons. The Morgan fingerprint density at radius 2 is 2.05 bits per heavy atom. The molecule has 2 N–H and O–H groups in total. The molecule has 5 nitrogen and oxygen atoms in total. The number of hydrogen-bond donors (Lipinski definition) is 2. The molecule has 1 aromatic heterocycles. The van der Waals surface area contributed by atoms with Crippen LogP contribution in [0.15, 0.2) is 48.8 Å². The van der Waals surface area contributed by atoms with Crippen molar-refractivity contribution in [2.75, 3.05) is 5.32 Å². The summed E-state index contributed by atoms with van der Waals surface area (Å²) in [5.41, 5.74) is 2.97. The number of benzene rings is 2. The number of carboxylic acids is 1. The highest BCUT2D eigenvalue weighted by molar-refractivity contribution is 5.92. The summed E-state index contributed by atoms with van der Waals surface area (Å²) in [4.78, 5) is 19.6. The summed E-state index contributed by atoms with van der Waals surface area (Å²) >= 11 is 0. The zero-order valence-electron chi connectivity index (χ0n) is 12.1. The van der Waals surface area contributed by atoms with E-state index in [9.17, 15) is 4.79 Å². The van der Waals surface area contributed by atoms with E-state index in [0.717, 1.165) is 17.3 Å². The van der Waals surface area contributed by atoms with Crippen LogP contribution >= 0.6 is 0 Å². The van der Waals surface area contributed by atoms with Crippen LogP contribution in [0.25, 0.3) is 10.9 Å². The highest BCUT2D eigenvalue weighted by Crippen LogP contribution is 2.24. The summed E-state index contributed by atoms with van der Waals surface area (Å²) in [6, 6.07) is 12.7. The summed E-state index contributed by atoms with van der Waals surface area (Å²) in [6.45, 7) is 2.09. The Hall–Kier alpha value is -2.95. The van der Waals surface area contributed by atoms with Crippen LogP contribution < -0.4 is 5.32 Å². The van der Waals surface area contributed by atoms with E-state index in [0.29, 0.717) is 11.5 Å². The highest BCUT2D eigenvalue weighted by atomic mass is 16.4. The smallest absolute Gasteiger partial charge is 0.335 e. The van der Waals surface area contributed by atoms with E-state index in [1.54, 1.807) is 18.2 Å². The number of aromatic nitrogens is 2. The summed E-state index contributed by atoms with van der Waals surface area (Å²) in [5.74, 6) is -0.285. The molecule has 3 aromatic rings. The van der Waals surface area contributed by atoms with Gasteiger partial charge >= 0.3 is 5.97 Å². The third kappa shape index (κ3) is 2.74. The third-order valence-electron chi connectivity index (χ3n) is 3.48.